The molecule has 30 heavy (non-hydrogen) atoms. The fourth-order valence-electron chi connectivity index (χ4n) is 3.68. The fraction of sp³-hybridized carbons (Fsp3) is 0.304. The summed E-state index contributed by atoms with van der Waals surface area (Å²) in [4.78, 5) is 53.1. The Labute approximate surface area is 174 Å². The Morgan fingerprint density at radius 3 is 2.30 bits per heavy atom. The summed E-state index contributed by atoms with van der Waals surface area (Å²) in [6.45, 7) is 0.287. The molecule has 3 amide bonds. The molecule has 1 aliphatic carbocycles. The Balaban J connectivity index is 1.58. The zero-order valence-electron chi connectivity index (χ0n) is 16.6. The van der Waals surface area contributed by atoms with E-state index in [-0.39, 0.29) is 30.7 Å². The Bertz CT molecular complexity index is 982. The van der Waals surface area contributed by atoms with Crippen LogP contribution in [0, 0.1) is 5.92 Å². The van der Waals surface area contributed by atoms with Crippen molar-refractivity contribution in [2.24, 2.45) is 5.92 Å². The van der Waals surface area contributed by atoms with Crippen molar-refractivity contribution in [3.8, 4) is 0 Å². The molecule has 1 atom stereocenters. The van der Waals surface area contributed by atoms with Gasteiger partial charge >= 0.3 is 5.97 Å². The van der Waals surface area contributed by atoms with Crippen LogP contribution in [0.15, 0.2) is 54.6 Å². The molecule has 2 aliphatic rings. The molecule has 1 aliphatic heterocycles. The lowest BCUT2D eigenvalue weighted by Crippen LogP contribution is -2.45. The molecule has 0 aromatic heterocycles. The van der Waals surface area contributed by atoms with Gasteiger partial charge in [-0.1, -0.05) is 30.3 Å². The normalized spacial score (nSPS) is 18.4. The number of carbonyl (C=O) groups excluding carboxylic acids is 4. The second kappa shape index (κ2) is 8.10. The SMILES string of the molecule is COC(=O)c1ccc(N2C(=O)CC(N(Cc3ccccc3)C(=O)C3CC3)C2=O)cc1. The maximum absolute atomic E-state index is 13.2. The topological polar surface area (TPSA) is 84.0 Å². The molecule has 0 bridgehead atoms. The molecule has 154 valence electrons. The highest BCUT2D eigenvalue weighted by Gasteiger charge is 2.46. The van der Waals surface area contributed by atoms with E-state index in [9.17, 15) is 19.2 Å². The predicted octanol–water partition coefficient (Wildman–Crippen LogP) is 2.54. The average molecular weight is 406 g/mol. The monoisotopic (exact) mass is 406 g/mol. The minimum Gasteiger partial charge on any atom is -0.465 e. The summed E-state index contributed by atoms with van der Waals surface area (Å²) in [5, 5.41) is 0. The highest BCUT2D eigenvalue weighted by Crippen LogP contribution is 2.34. The molecular weight excluding hydrogens is 384 g/mol. The molecule has 7 nitrogen and oxygen atoms in total. The number of nitrogens with zero attached hydrogens (tertiary/aromatic N) is 2. The van der Waals surface area contributed by atoms with Crippen molar-refractivity contribution in [2.75, 3.05) is 12.0 Å². The number of ether oxygens (including phenoxy) is 1. The van der Waals surface area contributed by atoms with Crippen LogP contribution >= 0.6 is 0 Å². The highest BCUT2D eigenvalue weighted by atomic mass is 16.5. The molecule has 1 unspecified atom stereocenters. The molecule has 0 spiro atoms. The van der Waals surface area contributed by atoms with Gasteiger partial charge in [-0.15, -0.1) is 0 Å². The molecule has 1 saturated carbocycles. The Morgan fingerprint density at radius 1 is 1.03 bits per heavy atom. The fourth-order valence-corrected chi connectivity index (χ4v) is 3.68. The quantitative estimate of drug-likeness (QED) is 0.544. The molecule has 1 heterocycles. The van der Waals surface area contributed by atoms with Crippen molar-refractivity contribution in [2.45, 2.75) is 31.8 Å². The Kier molecular flexibility index (Phi) is 5.35. The number of anilines is 1. The number of hydrogen-bond acceptors (Lipinski definition) is 5. The third-order valence-corrected chi connectivity index (χ3v) is 5.45. The van der Waals surface area contributed by atoms with E-state index in [1.807, 2.05) is 30.3 Å². The lowest BCUT2D eigenvalue weighted by atomic mass is 10.1. The van der Waals surface area contributed by atoms with Crippen molar-refractivity contribution in [3.05, 3.63) is 65.7 Å². The van der Waals surface area contributed by atoms with Crippen LogP contribution in [0.25, 0.3) is 0 Å². The molecule has 7 heteroatoms. The van der Waals surface area contributed by atoms with Crippen LogP contribution in [0.4, 0.5) is 5.69 Å². The summed E-state index contributed by atoms with van der Waals surface area (Å²) in [7, 11) is 1.28. The number of imide groups is 1. The van der Waals surface area contributed by atoms with Gasteiger partial charge in [0.05, 0.1) is 24.8 Å². The van der Waals surface area contributed by atoms with Gasteiger partial charge in [0.1, 0.15) is 6.04 Å². The van der Waals surface area contributed by atoms with E-state index in [4.69, 9.17) is 0 Å². The largest absolute Gasteiger partial charge is 0.465 e. The first-order chi connectivity index (χ1) is 14.5. The smallest absolute Gasteiger partial charge is 0.337 e. The summed E-state index contributed by atoms with van der Waals surface area (Å²) < 4.78 is 4.67. The molecule has 2 aromatic rings. The summed E-state index contributed by atoms with van der Waals surface area (Å²) in [5.41, 5.74) is 1.61. The Hall–Kier alpha value is -3.48. The van der Waals surface area contributed by atoms with Gasteiger partial charge in [0.15, 0.2) is 0 Å². The van der Waals surface area contributed by atoms with E-state index in [2.05, 4.69) is 4.74 Å². The van der Waals surface area contributed by atoms with Crippen molar-refractivity contribution < 1.29 is 23.9 Å². The number of amides is 3. The van der Waals surface area contributed by atoms with E-state index in [0.717, 1.165) is 23.3 Å². The van der Waals surface area contributed by atoms with E-state index in [0.29, 0.717) is 11.3 Å². The van der Waals surface area contributed by atoms with Crippen molar-refractivity contribution in [1.29, 1.82) is 0 Å². The number of hydrogen-bond donors (Lipinski definition) is 0. The summed E-state index contributed by atoms with van der Waals surface area (Å²) in [5.74, 6) is -1.42. The first-order valence-electron chi connectivity index (χ1n) is 9.89. The average Bonchev–Trinajstić information content (AvgIpc) is 3.57. The van der Waals surface area contributed by atoms with Crippen LogP contribution in [0.5, 0.6) is 0 Å². The maximum atomic E-state index is 13.2. The lowest BCUT2D eigenvalue weighted by molar-refractivity contribution is -0.140. The molecular formula is C23H22N2O5. The number of carbonyl (C=O) groups is 4. The molecule has 0 N–H and O–H groups in total. The number of esters is 1. The van der Waals surface area contributed by atoms with Crippen molar-refractivity contribution in [1.82, 2.24) is 4.90 Å². The number of rotatable bonds is 6. The second-order valence-electron chi connectivity index (χ2n) is 7.55. The van der Waals surface area contributed by atoms with Crippen LogP contribution < -0.4 is 4.90 Å². The predicted molar refractivity (Wildman–Crippen MR) is 108 cm³/mol. The molecule has 4 rings (SSSR count). The van der Waals surface area contributed by atoms with Crippen LogP contribution in [-0.2, 0) is 25.7 Å². The standard InChI is InChI=1S/C23H22N2O5/c1-30-23(29)17-9-11-18(12-10-17)25-20(26)13-19(22(25)28)24(21(27)16-7-8-16)14-15-5-3-2-4-6-15/h2-6,9-12,16,19H,7-8,13-14H2,1H3. The molecule has 1 saturated heterocycles. The van der Waals surface area contributed by atoms with Crippen LogP contribution in [0.2, 0.25) is 0 Å². The lowest BCUT2D eigenvalue weighted by Gasteiger charge is -2.28. The third-order valence-electron chi connectivity index (χ3n) is 5.45. The van der Waals surface area contributed by atoms with Gasteiger partial charge in [-0.25, -0.2) is 9.69 Å². The molecule has 0 radical (unpaired) electrons. The van der Waals surface area contributed by atoms with E-state index in [1.165, 1.54) is 31.4 Å². The van der Waals surface area contributed by atoms with Crippen LogP contribution in [0.1, 0.15) is 35.2 Å². The van der Waals surface area contributed by atoms with E-state index < -0.39 is 17.9 Å². The zero-order valence-corrected chi connectivity index (χ0v) is 16.6. The first-order valence-corrected chi connectivity index (χ1v) is 9.89. The van der Waals surface area contributed by atoms with Crippen molar-refractivity contribution >= 4 is 29.4 Å². The number of methoxy groups -OCH3 is 1. The van der Waals surface area contributed by atoms with Gasteiger partial charge in [-0.3, -0.25) is 14.4 Å². The minimum absolute atomic E-state index is 0.0527. The van der Waals surface area contributed by atoms with Gasteiger partial charge in [0, 0.05) is 12.5 Å². The van der Waals surface area contributed by atoms with Crippen LogP contribution in [-0.4, -0.2) is 41.7 Å². The van der Waals surface area contributed by atoms with Gasteiger partial charge in [-0.2, -0.15) is 0 Å². The highest BCUT2D eigenvalue weighted by molar-refractivity contribution is 6.23. The summed E-state index contributed by atoms with van der Waals surface area (Å²) in [6.07, 6.45) is 1.58. The van der Waals surface area contributed by atoms with Crippen molar-refractivity contribution in [3.63, 3.8) is 0 Å². The third kappa shape index (κ3) is 3.83. The van der Waals surface area contributed by atoms with Gasteiger partial charge in [0.25, 0.3) is 5.91 Å². The molecule has 2 aromatic carbocycles. The van der Waals surface area contributed by atoms with Gasteiger partial charge in [0.2, 0.25) is 11.8 Å². The van der Waals surface area contributed by atoms with E-state index in [1.54, 1.807) is 4.90 Å². The zero-order chi connectivity index (χ0) is 21.3. The minimum atomic E-state index is -0.828. The first kappa shape index (κ1) is 19.8. The van der Waals surface area contributed by atoms with Gasteiger partial charge in [-0.05, 0) is 42.7 Å². The summed E-state index contributed by atoms with van der Waals surface area (Å²) in [6, 6.07) is 14.7. The van der Waals surface area contributed by atoms with Gasteiger partial charge < -0.3 is 9.64 Å². The summed E-state index contributed by atoms with van der Waals surface area (Å²) >= 11 is 0. The van der Waals surface area contributed by atoms with Crippen LogP contribution in [0.3, 0.4) is 0 Å². The molecule has 2 fully saturated rings. The second-order valence-corrected chi connectivity index (χ2v) is 7.55. The maximum Gasteiger partial charge on any atom is 0.337 e. The Morgan fingerprint density at radius 2 is 1.70 bits per heavy atom. The number of benzene rings is 2. The van der Waals surface area contributed by atoms with E-state index >= 15 is 0 Å².